The predicted octanol–water partition coefficient (Wildman–Crippen LogP) is 4.05. The quantitative estimate of drug-likeness (QED) is 0.873. The first-order valence-electron chi connectivity index (χ1n) is 8.92. The van der Waals surface area contributed by atoms with Gasteiger partial charge in [0.25, 0.3) is 0 Å². The fourth-order valence-corrected chi connectivity index (χ4v) is 5.22. The normalized spacial score (nSPS) is 39.2. The number of rotatable bonds is 4. The van der Waals surface area contributed by atoms with Gasteiger partial charge in [0.1, 0.15) is 0 Å². The van der Waals surface area contributed by atoms with Crippen LogP contribution in [0.5, 0.6) is 0 Å². The van der Waals surface area contributed by atoms with Gasteiger partial charge in [0.05, 0.1) is 18.6 Å². The van der Waals surface area contributed by atoms with Crippen LogP contribution in [0.25, 0.3) is 0 Å². The van der Waals surface area contributed by atoms with Crippen LogP contribution in [0.4, 0.5) is 0 Å². The molecule has 0 bridgehead atoms. The number of aliphatic carboxylic acids is 1. The van der Waals surface area contributed by atoms with Gasteiger partial charge in [-0.25, -0.2) is 4.79 Å². The van der Waals surface area contributed by atoms with E-state index in [9.17, 15) is 15.0 Å². The topological polar surface area (TPSA) is 70.7 Å². The van der Waals surface area contributed by atoms with E-state index in [2.05, 4.69) is 20.8 Å². The van der Waals surface area contributed by atoms with Gasteiger partial charge in [-0.3, -0.25) is 0 Å². The lowest BCUT2D eigenvalue weighted by atomic mass is 9.46. The van der Waals surface area contributed by atoms with Gasteiger partial charge in [0.2, 0.25) is 0 Å². The Morgan fingerprint density at radius 2 is 2.17 bits per heavy atom. The fraction of sp³-hybridized carbons (Fsp3) is 0.650. The second-order valence-corrected chi connectivity index (χ2v) is 8.24. The van der Waals surface area contributed by atoms with Gasteiger partial charge in [0.15, 0.2) is 0 Å². The van der Waals surface area contributed by atoms with Crippen molar-refractivity contribution >= 4 is 5.97 Å². The first-order valence-corrected chi connectivity index (χ1v) is 8.92. The van der Waals surface area contributed by atoms with Crippen molar-refractivity contribution < 1.29 is 19.4 Å². The highest BCUT2D eigenvalue weighted by atomic mass is 16.4. The number of aryl methyl sites for hydroxylation is 1. The lowest BCUT2D eigenvalue weighted by Gasteiger charge is -2.58. The number of aliphatic hydroxyl groups is 1. The van der Waals surface area contributed by atoms with Crippen molar-refractivity contribution in [2.24, 2.45) is 22.7 Å². The molecule has 1 heterocycles. The van der Waals surface area contributed by atoms with Crippen LogP contribution in [-0.4, -0.2) is 22.3 Å². The summed E-state index contributed by atoms with van der Waals surface area (Å²) in [6.07, 6.45) is 8.86. The molecule has 0 aromatic carbocycles. The Labute approximate surface area is 143 Å². The summed E-state index contributed by atoms with van der Waals surface area (Å²) in [5, 5.41) is 20.0. The molecule has 0 aliphatic heterocycles. The van der Waals surface area contributed by atoms with E-state index >= 15 is 0 Å². The summed E-state index contributed by atoms with van der Waals surface area (Å²) in [5.41, 5.74) is 1.23. The third kappa shape index (κ3) is 2.71. The Hall–Kier alpha value is -1.55. The average Bonchev–Trinajstić information content (AvgIpc) is 3.04. The molecule has 0 amide bonds. The van der Waals surface area contributed by atoms with Crippen LogP contribution in [0, 0.1) is 22.7 Å². The summed E-state index contributed by atoms with van der Waals surface area (Å²) < 4.78 is 5.18. The molecule has 0 radical (unpaired) electrons. The summed E-state index contributed by atoms with van der Waals surface area (Å²) in [7, 11) is 0. The van der Waals surface area contributed by atoms with Crippen LogP contribution >= 0.6 is 0 Å². The molecule has 1 saturated carbocycles. The highest BCUT2D eigenvalue weighted by Gasteiger charge is 2.56. The molecule has 0 saturated heterocycles. The maximum absolute atomic E-state index is 11.8. The maximum atomic E-state index is 11.8. The Morgan fingerprint density at radius 3 is 2.79 bits per heavy atom. The van der Waals surface area contributed by atoms with E-state index in [0.29, 0.717) is 17.9 Å². The monoisotopic (exact) mass is 332 g/mol. The number of aliphatic hydroxyl groups excluding tert-OH is 1. The fourth-order valence-electron chi connectivity index (χ4n) is 5.22. The Morgan fingerprint density at radius 1 is 1.42 bits per heavy atom. The zero-order valence-electron chi connectivity index (χ0n) is 14.8. The van der Waals surface area contributed by atoms with Crippen molar-refractivity contribution in [3.63, 3.8) is 0 Å². The predicted molar refractivity (Wildman–Crippen MR) is 91.5 cm³/mol. The van der Waals surface area contributed by atoms with Crippen molar-refractivity contribution in [1.29, 1.82) is 0 Å². The number of hydrogen-bond donors (Lipinski definition) is 2. The second-order valence-electron chi connectivity index (χ2n) is 8.24. The van der Waals surface area contributed by atoms with Crippen molar-refractivity contribution in [3.8, 4) is 0 Å². The molecular weight excluding hydrogens is 304 g/mol. The lowest BCUT2D eigenvalue weighted by molar-refractivity contribution is -0.138. The Kier molecular flexibility index (Phi) is 4.37. The summed E-state index contributed by atoms with van der Waals surface area (Å²) in [6.45, 7) is 6.66. The highest BCUT2D eigenvalue weighted by Crippen LogP contribution is 2.61. The minimum absolute atomic E-state index is 0.000208. The third-order valence-corrected chi connectivity index (χ3v) is 7.00. The minimum Gasteiger partial charge on any atom is -0.478 e. The number of fused-ring (bicyclic) bond motifs is 1. The molecule has 1 aromatic rings. The molecule has 2 N–H and O–H groups in total. The van der Waals surface area contributed by atoms with E-state index in [0.717, 1.165) is 25.7 Å². The molecule has 5 atom stereocenters. The molecule has 0 spiro atoms. The number of carboxylic acids is 1. The number of hydrogen-bond acceptors (Lipinski definition) is 3. The Bertz CT molecular complexity index is 632. The zero-order valence-corrected chi connectivity index (χ0v) is 14.8. The molecule has 4 heteroatoms. The van der Waals surface area contributed by atoms with Crippen molar-refractivity contribution in [1.82, 2.24) is 0 Å². The average molecular weight is 332 g/mol. The second kappa shape index (κ2) is 6.07. The van der Waals surface area contributed by atoms with Gasteiger partial charge in [0, 0.05) is 11.0 Å². The van der Waals surface area contributed by atoms with Crippen molar-refractivity contribution in [3.05, 3.63) is 35.8 Å². The molecule has 24 heavy (non-hydrogen) atoms. The van der Waals surface area contributed by atoms with Crippen molar-refractivity contribution in [2.75, 3.05) is 0 Å². The van der Waals surface area contributed by atoms with Gasteiger partial charge >= 0.3 is 5.97 Å². The van der Waals surface area contributed by atoms with E-state index in [-0.39, 0.29) is 16.7 Å². The molecule has 1 aromatic heterocycles. The minimum atomic E-state index is -0.881. The van der Waals surface area contributed by atoms with Gasteiger partial charge in [-0.15, -0.1) is 0 Å². The first kappa shape index (κ1) is 17.3. The molecule has 2 aliphatic rings. The number of furan rings is 1. The number of carboxylic acid groups (broad SMARTS) is 1. The Balaban J connectivity index is 1.93. The molecule has 0 unspecified atom stereocenters. The standard InChI is InChI=1S/C20H28O4/c1-13-4-7-20(3)16(18(22)23)10-15(21)11-17(20)19(13,2)8-5-14-6-9-24-12-14/h6,9-10,12-13,15,17,21H,4-5,7-8,11H2,1-3H3,(H,22,23)/t13-,15+,17-,19-,20-/m0/s1. The van der Waals surface area contributed by atoms with Gasteiger partial charge < -0.3 is 14.6 Å². The van der Waals surface area contributed by atoms with E-state index in [1.54, 1.807) is 18.6 Å². The van der Waals surface area contributed by atoms with Crippen LogP contribution < -0.4 is 0 Å². The van der Waals surface area contributed by atoms with Crippen molar-refractivity contribution in [2.45, 2.75) is 59.0 Å². The van der Waals surface area contributed by atoms with Crippen LogP contribution in [0.2, 0.25) is 0 Å². The molecule has 132 valence electrons. The molecule has 4 nitrogen and oxygen atoms in total. The summed E-state index contributed by atoms with van der Waals surface area (Å²) >= 11 is 0. The maximum Gasteiger partial charge on any atom is 0.331 e. The summed E-state index contributed by atoms with van der Waals surface area (Å²) in [4.78, 5) is 11.8. The number of carbonyl (C=O) groups is 1. The van der Waals surface area contributed by atoms with E-state index in [4.69, 9.17) is 4.42 Å². The van der Waals surface area contributed by atoms with Gasteiger partial charge in [-0.1, -0.05) is 20.8 Å². The van der Waals surface area contributed by atoms with Crippen LogP contribution in [-0.2, 0) is 11.2 Å². The molecule has 2 aliphatic carbocycles. The van der Waals surface area contributed by atoms with Crippen LogP contribution in [0.15, 0.2) is 34.7 Å². The van der Waals surface area contributed by atoms with Crippen LogP contribution in [0.3, 0.4) is 0 Å². The first-order chi connectivity index (χ1) is 11.3. The lowest BCUT2D eigenvalue weighted by Crippen LogP contribution is -2.53. The summed E-state index contributed by atoms with van der Waals surface area (Å²) in [6, 6.07) is 1.99. The van der Waals surface area contributed by atoms with Gasteiger partial charge in [-0.05, 0) is 67.1 Å². The van der Waals surface area contributed by atoms with Crippen LogP contribution in [0.1, 0.15) is 52.0 Å². The summed E-state index contributed by atoms with van der Waals surface area (Å²) in [5.74, 6) is -0.206. The van der Waals surface area contributed by atoms with E-state index in [1.807, 2.05) is 6.07 Å². The molecule has 3 rings (SSSR count). The smallest absolute Gasteiger partial charge is 0.331 e. The van der Waals surface area contributed by atoms with Gasteiger partial charge in [-0.2, -0.15) is 0 Å². The molecule has 1 fully saturated rings. The zero-order chi connectivity index (χ0) is 17.5. The largest absolute Gasteiger partial charge is 0.478 e. The third-order valence-electron chi connectivity index (χ3n) is 7.00. The molecular formula is C20H28O4. The highest BCUT2D eigenvalue weighted by molar-refractivity contribution is 5.88. The SMILES string of the molecule is C[C@H]1CC[C@@]2(C)C(C(=O)O)=C[C@@H](O)C[C@H]2[C@@]1(C)CCc1ccoc1. The van der Waals surface area contributed by atoms with E-state index < -0.39 is 12.1 Å². The van der Waals surface area contributed by atoms with E-state index in [1.165, 1.54) is 5.56 Å².